The first-order valence-corrected chi connectivity index (χ1v) is 7.93. The maximum Gasteiger partial charge on any atom is 0.407 e. The van der Waals surface area contributed by atoms with Gasteiger partial charge in [0.05, 0.1) is 11.9 Å². The molecule has 0 heterocycles. The van der Waals surface area contributed by atoms with Gasteiger partial charge in [0.1, 0.15) is 5.60 Å². The van der Waals surface area contributed by atoms with Gasteiger partial charge in [0.15, 0.2) is 6.04 Å². The van der Waals surface area contributed by atoms with Gasteiger partial charge in [-0.3, -0.25) is 4.79 Å². The summed E-state index contributed by atoms with van der Waals surface area (Å²) in [6.45, 7) is 6.88. The molecule has 2 atom stereocenters. The quantitative estimate of drug-likeness (QED) is 0.466. The second-order valence-corrected chi connectivity index (χ2v) is 6.71. The molecule has 0 aliphatic heterocycles. The highest BCUT2D eigenvalue weighted by atomic mass is 32.2. The van der Waals surface area contributed by atoms with Crippen LogP contribution >= 0.6 is 11.8 Å². The van der Waals surface area contributed by atoms with Crippen molar-refractivity contribution in [2.24, 2.45) is 0 Å². The smallest absolute Gasteiger partial charge is 0.407 e. The highest BCUT2D eigenvalue weighted by molar-refractivity contribution is 7.99. The number of carbonyl (C=O) groups is 3. The summed E-state index contributed by atoms with van der Waals surface area (Å²) >= 11 is 1.23. The molecule has 0 fully saturated rings. The predicted molar refractivity (Wildman–Crippen MR) is 82.8 cm³/mol. The zero-order chi connectivity index (χ0) is 17.3. The fraction of sp³-hybridized carbons (Fsp3) is 0.769. The van der Waals surface area contributed by atoms with E-state index in [1.165, 1.54) is 18.7 Å². The summed E-state index contributed by atoms with van der Waals surface area (Å²) in [5, 5.41) is 22.8. The lowest BCUT2D eigenvalue weighted by molar-refractivity contribution is -0.144. The third kappa shape index (κ3) is 10.3. The van der Waals surface area contributed by atoms with Crippen LogP contribution in [0.1, 0.15) is 27.7 Å². The van der Waals surface area contributed by atoms with Crippen LogP contribution in [0, 0.1) is 0 Å². The fourth-order valence-electron chi connectivity index (χ4n) is 1.31. The summed E-state index contributed by atoms with van der Waals surface area (Å²) in [7, 11) is 0. The molecular weight excluding hydrogens is 312 g/mol. The number of aliphatic hydroxyl groups is 1. The van der Waals surface area contributed by atoms with Crippen LogP contribution in [0.15, 0.2) is 0 Å². The third-order valence-corrected chi connectivity index (χ3v) is 3.17. The zero-order valence-electron chi connectivity index (χ0n) is 13.2. The van der Waals surface area contributed by atoms with E-state index in [4.69, 9.17) is 9.84 Å². The van der Waals surface area contributed by atoms with E-state index in [-0.39, 0.29) is 5.75 Å². The molecule has 0 aromatic rings. The van der Waals surface area contributed by atoms with E-state index in [9.17, 15) is 19.5 Å². The lowest BCUT2D eigenvalue weighted by atomic mass is 10.2. The second-order valence-electron chi connectivity index (χ2n) is 5.61. The van der Waals surface area contributed by atoms with Gasteiger partial charge in [-0.05, 0) is 27.7 Å². The van der Waals surface area contributed by atoms with E-state index in [1.54, 1.807) is 20.8 Å². The van der Waals surface area contributed by atoms with E-state index >= 15 is 0 Å². The van der Waals surface area contributed by atoms with Crippen molar-refractivity contribution in [3.63, 3.8) is 0 Å². The van der Waals surface area contributed by atoms with Crippen molar-refractivity contribution >= 4 is 29.7 Å². The molecule has 4 N–H and O–H groups in total. The summed E-state index contributed by atoms with van der Waals surface area (Å²) in [6, 6.07) is -1.33. The molecule has 0 aromatic heterocycles. The molecule has 0 aliphatic rings. The molecule has 0 aliphatic carbocycles. The molecule has 2 unspecified atom stereocenters. The number of carboxylic acid groups (broad SMARTS) is 1. The van der Waals surface area contributed by atoms with E-state index in [1.807, 2.05) is 0 Å². The zero-order valence-corrected chi connectivity index (χ0v) is 14.0. The number of aliphatic hydroxyl groups excluding tert-OH is 1. The Bertz CT molecular complexity index is 394. The van der Waals surface area contributed by atoms with Gasteiger partial charge < -0.3 is 25.6 Å². The van der Waals surface area contributed by atoms with Crippen LogP contribution in [0.5, 0.6) is 0 Å². The van der Waals surface area contributed by atoms with Gasteiger partial charge in [0, 0.05) is 12.3 Å². The SMILES string of the molecule is CC(O)C(NC(=O)CSCCNC(=O)OC(C)(C)C)C(=O)O. The Balaban J connectivity index is 3.86. The second kappa shape index (κ2) is 9.52. The highest BCUT2D eigenvalue weighted by Gasteiger charge is 2.24. The molecule has 0 saturated heterocycles. The number of ether oxygens (including phenoxy) is 1. The molecule has 0 radical (unpaired) electrons. The average Bonchev–Trinajstić information content (AvgIpc) is 2.32. The Labute approximate surface area is 134 Å². The number of rotatable bonds is 8. The van der Waals surface area contributed by atoms with Gasteiger partial charge in [-0.2, -0.15) is 11.8 Å². The number of hydrogen-bond donors (Lipinski definition) is 4. The molecule has 0 spiro atoms. The van der Waals surface area contributed by atoms with Crippen LogP contribution < -0.4 is 10.6 Å². The van der Waals surface area contributed by atoms with Gasteiger partial charge in [-0.15, -0.1) is 0 Å². The van der Waals surface area contributed by atoms with Crippen LogP contribution in [0.3, 0.4) is 0 Å². The first kappa shape index (κ1) is 20.5. The molecule has 2 amide bonds. The van der Waals surface area contributed by atoms with Crippen molar-refractivity contribution in [1.82, 2.24) is 10.6 Å². The lowest BCUT2D eigenvalue weighted by Crippen LogP contribution is -2.48. The van der Waals surface area contributed by atoms with Crippen molar-refractivity contribution in [1.29, 1.82) is 0 Å². The lowest BCUT2D eigenvalue weighted by Gasteiger charge is -2.19. The number of hydrogen-bond acceptors (Lipinski definition) is 6. The third-order valence-electron chi connectivity index (χ3n) is 2.21. The minimum Gasteiger partial charge on any atom is -0.480 e. The molecular formula is C13H24N2O6S. The van der Waals surface area contributed by atoms with Gasteiger partial charge in [-0.1, -0.05) is 0 Å². The van der Waals surface area contributed by atoms with Crippen LogP contribution in [0.25, 0.3) is 0 Å². The summed E-state index contributed by atoms with van der Waals surface area (Å²) < 4.78 is 5.04. The van der Waals surface area contributed by atoms with Crippen molar-refractivity contribution in [2.45, 2.75) is 45.4 Å². The topological polar surface area (TPSA) is 125 Å². The molecule has 0 bridgehead atoms. The number of amides is 2. The number of nitrogens with one attached hydrogen (secondary N) is 2. The van der Waals surface area contributed by atoms with E-state index < -0.39 is 35.7 Å². The van der Waals surface area contributed by atoms with Gasteiger partial charge >= 0.3 is 12.1 Å². The van der Waals surface area contributed by atoms with Gasteiger partial charge in [0.25, 0.3) is 0 Å². The van der Waals surface area contributed by atoms with Crippen LogP contribution in [0.2, 0.25) is 0 Å². The Morgan fingerprint density at radius 2 is 1.86 bits per heavy atom. The van der Waals surface area contributed by atoms with Crippen molar-refractivity contribution in [2.75, 3.05) is 18.1 Å². The number of alkyl carbamates (subject to hydrolysis) is 1. The Kier molecular flexibility index (Phi) is 8.88. The van der Waals surface area contributed by atoms with Crippen molar-refractivity contribution in [3.05, 3.63) is 0 Å². The summed E-state index contributed by atoms with van der Waals surface area (Å²) in [5.74, 6) is -1.28. The number of thioether (sulfide) groups is 1. The first-order chi connectivity index (χ1) is 10.0. The molecule has 22 heavy (non-hydrogen) atoms. The van der Waals surface area contributed by atoms with Gasteiger partial charge in [-0.25, -0.2) is 9.59 Å². The molecule has 0 aromatic carbocycles. The summed E-state index contributed by atoms with van der Waals surface area (Å²) in [4.78, 5) is 33.7. The fourth-order valence-corrected chi connectivity index (χ4v) is 1.97. The number of aliphatic carboxylic acids is 1. The minimum atomic E-state index is -1.33. The normalized spacial score (nSPS) is 13.9. The summed E-state index contributed by atoms with van der Waals surface area (Å²) in [5.41, 5.74) is -0.566. The predicted octanol–water partition coefficient (Wildman–Crippen LogP) is 0.194. The number of carbonyl (C=O) groups excluding carboxylic acids is 2. The summed E-state index contributed by atoms with van der Waals surface area (Å²) in [6.07, 6.45) is -1.71. The Morgan fingerprint density at radius 1 is 1.27 bits per heavy atom. The maximum absolute atomic E-state index is 11.5. The van der Waals surface area contributed by atoms with Crippen molar-refractivity contribution < 1.29 is 29.3 Å². The molecule has 0 rings (SSSR count). The standard InChI is InChI=1S/C13H24N2O6S/c1-8(16)10(11(18)19)15-9(17)7-22-6-5-14-12(20)21-13(2,3)4/h8,10,16H,5-7H2,1-4H3,(H,14,20)(H,15,17)(H,18,19). The first-order valence-electron chi connectivity index (χ1n) is 6.77. The van der Waals surface area contributed by atoms with E-state index in [0.717, 1.165) is 0 Å². The Hall–Kier alpha value is -1.48. The molecule has 128 valence electrons. The van der Waals surface area contributed by atoms with Crippen molar-refractivity contribution in [3.8, 4) is 0 Å². The minimum absolute atomic E-state index is 0.0342. The highest BCUT2D eigenvalue weighted by Crippen LogP contribution is 2.06. The molecule has 9 heteroatoms. The van der Waals surface area contributed by atoms with E-state index in [0.29, 0.717) is 12.3 Å². The number of carboxylic acids is 1. The Morgan fingerprint density at radius 3 is 2.32 bits per heavy atom. The molecule has 8 nitrogen and oxygen atoms in total. The van der Waals surface area contributed by atoms with Gasteiger partial charge in [0.2, 0.25) is 5.91 Å². The van der Waals surface area contributed by atoms with E-state index in [2.05, 4.69) is 10.6 Å². The molecule has 0 saturated carbocycles. The maximum atomic E-state index is 11.5. The van der Waals surface area contributed by atoms with Crippen LogP contribution in [-0.2, 0) is 14.3 Å². The van der Waals surface area contributed by atoms with Crippen LogP contribution in [0.4, 0.5) is 4.79 Å². The largest absolute Gasteiger partial charge is 0.480 e. The average molecular weight is 336 g/mol. The monoisotopic (exact) mass is 336 g/mol. The van der Waals surface area contributed by atoms with Crippen LogP contribution in [-0.4, -0.2) is 64.0 Å².